The Balaban J connectivity index is 1.55. The van der Waals surface area contributed by atoms with Crippen LogP contribution in [0.25, 0.3) is 11.3 Å². The summed E-state index contributed by atoms with van der Waals surface area (Å²) < 4.78 is 0. The van der Waals surface area contributed by atoms with Crippen LogP contribution in [0.15, 0.2) is 54.2 Å². The summed E-state index contributed by atoms with van der Waals surface area (Å²) in [5, 5.41) is 6.42. The molecule has 0 aliphatic heterocycles. The third kappa shape index (κ3) is 4.37. The van der Waals surface area contributed by atoms with E-state index in [-0.39, 0.29) is 5.91 Å². The van der Waals surface area contributed by atoms with Crippen LogP contribution in [-0.4, -0.2) is 15.9 Å². The number of carbonyl (C=O) groups is 1. The monoisotopic (exact) mass is 343 g/mol. The van der Waals surface area contributed by atoms with Gasteiger partial charge in [0.15, 0.2) is 0 Å². The minimum absolute atomic E-state index is 0.0366. The van der Waals surface area contributed by atoms with Crippen molar-refractivity contribution in [3.05, 3.63) is 64.2 Å². The van der Waals surface area contributed by atoms with Gasteiger partial charge in [-0.1, -0.05) is 11.6 Å². The van der Waals surface area contributed by atoms with Gasteiger partial charge >= 0.3 is 0 Å². The van der Waals surface area contributed by atoms with Gasteiger partial charge in [-0.05, 0) is 36.4 Å². The first-order valence-electron chi connectivity index (χ1n) is 7.11. The second kappa shape index (κ2) is 7.35. The summed E-state index contributed by atoms with van der Waals surface area (Å²) in [6, 6.07) is 10.9. The molecule has 1 amide bonds. The molecule has 3 rings (SSSR count). The number of aryl methyl sites for hydroxylation is 1. The van der Waals surface area contributed by atoms with E-state index in [0.29, 0.717) is 17.9 Å². The molecule has 0 spiro atoms. The molecule has 0 atom stereocenters. The summed E-state index contributed by atoms with van der Waals surface area (Å²) in [6.07, 6.45) is 4.52. The molecule has 0 saturated heterocycles. The van der Waals surface area contributed by atoms with Crippen molar-refractivity contribution in [3.63, 3.8) is 0 Å². The molecule has 0 bridgehead atoms. The number of pyridine rings is 1. The predicted molar refractivity (Wildman–Crippen MR) is 93.7 cm³/mol. The topological polar surface area (TPSA) is 54.9 Å². The third-order valence-electron chi connectivity index (χ3n) is 3.20. The molecular formula is C17H14ClN3OS. The van der Waals surface area contributed by atoms with Gasteiger partial charge in [-0.25, -0.2) is 4.98 Å². The Labute approximate surface area is 143 Å². The van der Waals surface area contributed by atoms with E-state index in [4.69, 9.17) is 11.6 Å². The maximum absolute atomic E-state index is 12.0. The second-order valence-electron chi connectivity index (χ2n) is 4.92. The zero-order chi connectivity index (χ0) is 16.1. The molecule has 0 aliphatic carbocycles. The zero-order valence-corrected chi connectivity index (χ0v) is 13.8. The van der Waals surface area contributed by atoms with E-state index in [9.17, 15) is 4.79 Å². The zero-order valence-electron chi connectivity index (χ0n) is 12.2. The SMILES string of the molecule is O=C(CCc1nc(-c2cccnc2)cs1)Nc1ccc(Cl)cc1. The Morgan fingerprint density at radius 2 is 2.04 bits per heavy atom. The number of aromatic nitrogens is 2. The fourth-order valence-corrected chi connectivity index (χ4v) is 2.98. The molecule has 0 unspecified atom stereocenters. The number of anilines is 1. The highest BCUT2D eigenvalue weighted by Crippen LogP contribution is 2.22. The lowest BCUT2D eigenvalue weighted by atomic mass is 10.2. The Bertz CT molecular complexity index is 787. The maximum Gasteiger partial charge on any atom is 0.224 e. The minimum Gasteiger partial charge on any atom is -0.326 e. The number of amides is 1. The van der Waals surface area contributed by atoms with Gasteiger partial charge in [-0.15, -0.1) is 11.3 Å². The first-order chi connectivity index (χ1) is 11.2. The summed E-state index contributed by atoms with van der Waals surface area (Å²) in [4.78, 5) is 20.6. The molecule has 0 saturated carbocycles. The van der Waals surface area contributed by atoms with E-state index in [1.807, 2.05) is 17.5 Å². The summed E-state index contributed by atoms with van der Waals surface area (Å²) in [5.74, 6) is -0.0366. The number of rotatable bonds is 5. The van der Waals surface area contributed by atoms with Crippen LogP contribution in [0, 0.1) is 0 Å². The lowest BCUT2D eigenvalue weighted by Crippen LogP contribution is -2.12. The molecule has 0 radical (unpaired) electrons. The molecule has 0 aliphatic rings. The largest absolute Gasteiger partial charge is 0.326 e. The van der Waals surface area contributed by atoms with Crippen molar-refractivity contribution in [1.29, 1.82) is 0 Å². The molecule has 4 nitrogen and oxygen atoms in total. The average Bonchev–Trinajstić information content (AvgIpc) is 3.05. The van der Waals surface area contributed by atoms with Crippen molar-refractivity contribution in [1.82, 2.24) is 9.97 Å². The van der Waals surface area contributed by atoms with Gasteiger partial charge < -0.3 is 5.32 Å². The highest BCUT2D eigenvalue weighted by molar-refractivity contribution is 7.09. The molecule has 1 N–H and O–H groups in total. The first kappa shape index (κ1) is 15.6. The Morgan fingerprint density at radius 3 is 2.78 bits per heavy atom. The Hall–Kier alpha value is -2.24. The van der Waals surface area contributed by atoms with Crippen molar-refractivity contribution in [2.24, 2.45) is 0 Å². The number of halogens is 1. The van der Waals surface area contributed by atoms with Gasteiger partial charge in [0.25, 0.3) is 0 Å². The average molecular weight is 344 g/mol. The highest BCUT2D eigenvalue weighted by Gasteiger charge is 2.08. The van der Waals surface area contributed by atoms with E-state index in [2.05, 4.69) is 15.3 Å². The molecule has 116 valence electrons. The van der Waals surface area contributed by atoms with Crippen LogP contribution in [0.2, 0.25) is 5.02 Å². The predicted octanol–water partition coefficient (Wildman–Crippen LogP) is 4.43. The highest BCUT2D eigenvalue weighted by atomic mass is 35.5. The maximum atomic E-state index is 12.0. The van der Waals surface area contributed by atoms with Crippen LogP contribution in [0.5, 0.6) is 0 Å². The Morgan fingerprint density at radius 1 is 1.22 bits per heavy atom. The van der Waals surface area contributed by atoms with Crippen LogP contribution in [0.3, 0.4) is 0 Å². The lowest BCUT2D eigenvalue weighted by molar-refractivity contribution is -0.116. The number of nitrogens with zero attached hydrogens (tertiary/aromatic N) is 2. The summed E-state index contributed by atoms with van der Waals surface area (Å²) in [5.41, 5.74) is 2.63. The minimum atomic E-state index is -0.0366. The van der Waals surface area contributed by atoms with Crippen molar-refractivity contribution < 1.29 is 4.79 Å². The number of benzene rings is 1. The molecule has 3 aromatic rings. The van der Waals surface area contributed by atoms with Crippen LogP contribution < -0.4 is 5.32 Å². The van der Waals surface area contributed by atoms with Gasteiger partial charge in [-0.3, -0.25) is 9.78 Å². The molecular weight excluding hydrogens is 330 g/mol. The van der Waals surface area contributed by atoms with Crippen molar-refractivity contribution in [2.75, 3.05) is 5.32 Å². The summed E-state index contributed by atoms with van der Waals surface area (Å²) >= 11 is 7.38. The van der Waals surface area contributed by atoms with Crippen molar-refractivity contribution in [3.8, 4) is 11.3 Å². The van der Waals surface area contributed by atoms with Gasteiger partial charge in [-0.2, -0.15) is 0 Å². The van der Waals surface area contributed by atoms with Crippen molar-refractivity contribution in [2.45, 2.75) is 12.8 Å². The van der Waals surface area contributed by atoms with E-state index >= 15 is 0 Å². The number of thiazole rings is 1. The number of hydrogen-bond donors (Lipinski definition) is 1. The van der Waals surface area contributed by atoms with Crippen LogP contribution in [-0.2, 0) is 11.2 Å². The van der Waals surface area contributed by atoms with Crippen LogP contribution >= 0.6 is 22.9 Å². The van der Waals surface area contributed by atoms with E-state index < -0.39 is 0 Å². The standard InChI is InChI=1S/C17H14ClN3OS/c18-13-3-5-14(6-4-13)20-16(22)7-8-17-21-15(11-23-17)12-2-1-9-19-10-12/h1-6,9-11H,7-8H2,(H,20,22). The van der Waals surface area contributed by atoms with Gasteiger partial charge in [0.1, 0.15) is 0 Å². The van der Waals surface area contributed by atoms with Crippen LogP contribution in [0.4, 0.5) is 5.69 Å². The molecule has 2 heterocycles. The number of nitrogens with one attached hydrogen (secondary N) is 1. The molecule has 0 fully saturated rings. The summed E-state index contributed by atoms with van der Waals surface area (Å²) in [6.45, 7) is 0. The van der Waals surface area contributed by atoms with Gasteiger partial charge in [0.2, 0.25) is 5.91 Å². The van der Waals surface area contributed by atoms with Gasteiger partial charge in [0, 0.05) is 46.9 Å². The van der Waals surface area contributed by atoms with E-state index in [0.717, 1.165) is 22.0 Å². The molecule has 2 aromatic heterocycles. The normalized spacial score (nSPS) is 10.5. The quantitative estimate of drug-likeness (QED) is 0.745. The second-order valence-corrected chi connectivity index (χ2v) is 6.30. The van der Waals surface area contributed by atoms with E-state index in [1.54, 1.807) is 48.0 Å². The van der Waals surface area contributed by atoms with E-state index in [1.165, 1.54) is 0 Å². The summed E-state index contributed by atoms with van der Waals surface area (Å²) in [7, 11) is 0. The number of hydrogen-bond acceptors (Lipinski definition) is 4. The Kier molecular flexibility index (Phi) is 5.00. The van der Waals surface area contributed by atoms with Gasteiger partial charge in [0.05, 0.1) is 10.7 Å². The molecule has 6 heteroatoms. The first-order valence-corrected chi connectivity index (χ1v) is 8.37. The third-order valence-corrected chi connectivity index (χ3v) is 4.36. The lowest BCUT2D eigenvalue weighted by Gasteiger charge is -2.04. The molecule has 1 aromatic carbocycles. The smallest absolute Gasteiger partial charge is 0.224 e. The fourth-order valence-electron chi connectivity index (χ4n) is 2.05. The number of carbonyl (C=O) groups excluding carboxylic acids is 1. The molecule has 23 heavy (non-hydrogen) atoms. The van der Waals surface area contributed by atoms with Crippen LogP contribution in [0.1, 0.15) is 11.4 Å². The fraction of sp³-hybridized carbons (Fsp3) is 0.118. The van der Waals surface area contributed by atoms with Crippen molar-refractivity contribution >= 4 is 34.5 Å².